The number of rotatable bonds is 4. The quantitative estimate of drug-likeness (QED) is 0.793. The van der Waals surface area contributed by atoms with Gasteiger partial charge in [0.1, 0.15) is 17.4 Å². The molecule has 7 nitrogen and oxygen atoms in total. The van der Waals surface area contributed by atoms with E-state index in [9.17, 15) is 4.79 Å². The summed E-state index contributed by atoms with van der Waals surface area (Å²) in [5.41, 5.74) is 3.27. The standard InChI is InChI=1S/C15H14N6OS/c1-9-12(10(2)21-15(19-9)17-8-18-21)3-4-13(22)20-14-11(7-16)5-6-23-14/h5-6,8H,3-4H2,1-2H3,(H,20,22). The molecule has 3 rings (SSSR count). The van der Waals surface area contributed by atoms with Gasteiger partial charge >= 0.3 is 0 Å². The van der Waals surface area contributed by atoms with E-state index in [0.717, 1.165) is 17.0 Å². The minimum atomic E-state index is -0.124. The van der Waals surface area contributed by atoms with Crippen molar-refractivity contribution in [3.8, 4) is 6.07 Å². The number of fused-ring (bicyclic) bond motifs is 1. The first kappa shape index (κ1) is 15.1. The molecule has 0 aliphatic rings. The largest absolute Gasteiger partial charge is 0.317 e. The maximum absolute atomic E-state index is 12.1. The monoisotopic (exact) mass is 326 g/mol. The minimum Gasteiger partial charge on any atom is -0.317 e. The summed E-state index contributed by atoms with van der Waals surface area (Å²) in [4.78, 5) is 20.6. The van der Waals surface area contributed by atoms with Crippen LogP contribution in [0, 0.1) is 25.2 Å². The number of carbonyl (C=O) groups excluding carboxylic acids is 1. The Morgan fingerprint density at radius 3 is 3.09 bits per heavy atom. The van der Waals surface area contributed by atoms with Gasteiger partial charge in [0.15, 0.2) is 0 Å². The van der Waals surface area contributed by atoms with E-state index < -0.39 is 0 Å². The van der Waals surface area contributed by atoms with Gasteiger partial charge in [0.2, 0.25) is 5.91 Å². The third kappa shape index (κ3) is 2.91. The molecule has 0 aliphatic heterocycles. The predicted molar refractivity (Wildman–Crippen MR) is 86.2 cm³/mol. The highest BCUT2D eigenvalue weighted by Crippen LogP contribution is 2.22. The first-order chi connectivity index (χ1) is 11.1. The first-order valence-electron chi connectivity index (χ1n) is 7.03. The first-order valence-corrected chi connectivity index (χ1v) is 7.91. The topological polar surface area (TPSA) is 96.0 Å². The average molecular weight is 326 g/mol. The van der Waals surface area contributed by atoms with E-state index in [2.05, 4.69) is 26.5 Å². The van der Waals surface area contributed by atoms with E-state index in [1.165, 1.54) is 17.7 Å². The summed E-state index contributed by atoms with van der Waals surface area (Å²) >= 11 is 1.34. The van der Waals surface area contributed by atoms with E-state index in [1.807, 2.05) is 13.8 Å². The van der Waals surface area contributed by atoms with Crippen molar-refractivity contribution in [1.82, 2.24) is 19.6 Å². The highest BCUT2D eigenvalue weighted by atomic mass is 32.1. The van der Waals surface area contributed by atoms with Crippen molar-refractivity contribution in [2.45, 2.75) is 26.7 Å². The molecule has 0 fully saturated rings. The van der Waals surface area contributed by atoms with E-state index in [1.54, 1.807) is 16.0 Å². The summed E-state index contributed by atoms with van der Waals surface area (Å²) in [5, 5.41) is 18.3. The summed E-state index contributed by atoms with van der Waals surface area (Å²) in [7, 11) is 0. The number of anilines is 1. The molecular formula is C15H14N6OS. The molecule has 1 N–H and O–H groups in total. The van der Waals surface area contributed by atoms with Gasteiger partial charge in [-0.1, -0.05) is 0 Å². The fourth-order valence-electron chi connectivity index (χ4n) is 2.44. The second kappa shape index (κ2) is 6.14. The maximum atomic E-state index is 12.1. The number of thiophene rings is 1. The summed E-state index contributed by atoms with van der Waals surface area (Å²) in [6.45, 7) is 3.85. The zero-order valence-electron chi connectivity index (χ0n) is 12.7. The second-order valence-corrected chi connectivity index (χ2v) is 5.97. The number of aryl methyl sites for hydroxylation is 2. The Bertz CT molecular complexity index is 920. The molecule has 0 aliphatic carbocycles. The molecule has 116 valence electrons. The third-order valence-electron chi connectivity index (χ3n) is 3.63. The number of nitriles is 1. The number of hydrogen-bond acceptors (Lipinski definition) is 6. The van der Waals surface area contributed by atoms with Crippen LogP contribution >= 0.6 is 11.3 Å². The van der Waals surface area contributed by atoms with Gasteiger partial charge < -0.3 is 5.32 Å². The van der Waals surface area contributed by atoms with Crippen LogP contribution in [0.4, 0.5) is 5.00 Å². The van der Waals surface area contributed by atoms with Crippen LogP contribution in [0.25, 0.3) is 5.78 Å². The zero-order chi connectivity index (χ0) is 16.4. The Balaban J connectivity index is 1.73. The number of nitrogens with zero attached hydrogens (tertiary/aromatic N) is 5. The number of nitrogens with one attached hydrogen (secondary N) is 1. The summed E-state index contributed by atoms with van der Waals surface area (Å²) in [6.07, 6.45) is 2.33. The highest BCUT2D eigenvalue weighted by molar-refractivity contribution is 7.14. The molecule has 0 saturated heterocycles. The Labute approximate surface area is 136 Å². The van der Waals surface area contributed by atoms with Gasteiger partial charge in [0.05, 0.1) is 5.56 Å². The second-order valence-electron chi connectivity index (χ2n) is 5.06. The number of hydrogen-bond donors (Lipinski definition) is 1. The fourth-order valence-corrected chi connectivity index (χ4v) is 3.19. The molecule has 0 radical (unpaired) electrons. The molecule has 0 aromatic carbocycles. The van der Waals surface area contributed by atoms with Gasteiger partial charge in [-0.25, -0.2) is 9.50 Å². The normalized spacial score (nSPS) is 10.7. The lowest BCUT2D eigenvalue weighted by Gasteiger charge is -2.10. The SMILES string of the molecule is Cc1nc2ncnn2c(C)c1CCC(=O)Nc1sccc1C#N. The fraction of sp³-hybridized carbons (Fsp3) is 0.267. The Morgan fingerprint density at radius 2 is 2.30 bits per heavy atom. The van der Waals surface area contributed by atoms with E-state index in [4.69, 9.17) is 5.26 Å². The van der Waals surface area contributed by atoms with E-state index in [0.29, 0.717) is 29.2 Å². The van der Waals surface area contributed by atoms with Gasteiger partial charge in [-0.05, 0) is 37.3 Å². The lowest BCUT2D eigenvalue weighted by molar-refractivity contribution is -0.116. The maximum Gasteiger partial charge on any atom is 0.252 e. The number of amides is 1. The van der Waals surface area contributed by atoms with Crippen LogP contribution in [0.1, 0.15) is 28.9 Å². The van der Waals surface area contributed by atoms with Crippen LogP contribution in [0.15, 0.2) is 17.8 Å². The lowest BCUT2D eigenvalue weighted by atomic mass is 10.1. The molecule has 0 spiro atoms. The van der Waals surface area contributed by atoms with Crippen molar-refractivity contribution >= 4 is 28.0 Å². The zero-order valence-corrected chi connectivity index (χ0v) is 13.5. The average Bonchev–Trinajstić information content (AvgIpc) is 3.15. The smallest absolute Gasteiger partial charge is 0.252 e. The van der Waals surface area contributed by atoms with Crippen LogP contribution in [0.3, 0.4) is 0 Å². The van der Waals surface area contributed by atoms with Crippen LogP contribution < -0.4 is 5.32 Å². The van der Waals surface area contributed by atoms with Gasteiger partial charge in [0, 0.05) is 17.8 Å². The summed E-state index contributed by atoms with van der Waals surface area (Å²) in [6, 6.07) is 3.75. The molecule has 0 bridgehead atoms. The molecular weight excluding hydrogens is 312 g/mol. The minimum absolute atomic E-state index is 0.124. The van der Waals surface area contributed by atoms with Crippen molar-refractivity contribution in [2.75, 3.05) is 5.32 Å². The lowest BCUT2D eigenvalue weighted by Crippen LogP contribution is -2.14. The van der Waals surface area contributed by atoms with Gasteiger partial charge in [-0.3, -0.25) is 4.79 Å². The van der Waals surface area contributed by atoms with Crippen LogP contribution in [-0.2, 0) is 11.2 Å². The van der Waals surface area contributed by atoms with Crippen molar-refractivity contribution < 1.29 is 4.79 Å². The van der Waals surface area contributed by atoms with Crippen molar-refractivity contribution in [3.05, 3.63) is 40.3 Å². The summed E-state index contributed by atoms with van der Waals surface area (Å²) < 4.78 is 1.67. The van der Waals surface area contributed by atoms with Crippen molar-refractivity contribution in [3.63, 3.8) is 0 Å². The van der Waals surface area contributed by atoms with E-state index >= 15 is 0 Å². The molecule has 0 unspecified atom stereocenters. The molecule has 3 aromatic heterocycles. The van der Waals surface area contributed by atoms with Crippen molar-refractivity contribution in [1.29, 1.82) is 5.26 Å². The van der Waals surface area contributed by atoms with E-state index in [-0.39, 0.29) is 5.91 Å². The van der Waals surface area contributed by atoms with Crippen molar-refractivity contribution in [2.24, 2.45) is 0 Å². The Kier molecular flexibility index (Phi) is 4.04. The highest BCUT2D eigenvalue weighted by Gasteiger charge is 2.13. The Hall–Kier alpha value is -2.79. The predicted octanol–water partition coefficient (Wildman–Crippen LogP) is 2.25. The molecule has 23 heavy (non-hydrogen) atoms. The van der Waals surface area contributed by atoms with Crippen LogP contribution in [-0.4, -0.2) is 25.5 Å². The van der Waals surface area contributed by atoms with Crippen LogP contribution in [0.2, 0.25) is 0 Å². The molecule has 8 heteroatoms. The molecule has 1 amide bonds. The molecule has 3 heterocycles. The van der Waals surface area contributed by atoms with Gasteiger partial charge in [-0.15, -0.1) is 11.3 Å². The number of aromatic nitrogens is 4. The summed E-state index contributed by atoms with van der Waals surface area (Å²) in [5.74, 6) is 0.437. The van der Waals surface area contributed by atoms with Gasteiger partial charge in [0.25, 0.3) is 5.78 Å². The third-order valence-corrected chi connectivity index (χ3v) is 4.46. The molecule has 0 atom stereocenters. The van der Waals surface area contributed by atoms with Gasteiger partial charge in [-0.2, -0.15) is 15.3 Å². The molecule has 0 saturated carbocycles. The number of carbonyl (C=O) groups is 1. The Morgan fingerprint density at radius 1 is 1.48 bits per heavy atom. The molecule has 3 aromatic rings. The van der Waals surface area contributed by atoms with Crippen LogP contribution in [0.5, 0.6) is 0 Å².